The van der Waals surface area contributed by atoms with Crippen molar-refractivity contribution in [3.05, 3.63) is 24.3 Å². The van der Waals surface area contributed by atoms with Crippen LogP contribution in [0, 0.1) is 0 Å². The molecule has 1 aliphatic heterocycles. The zero-order chi connectivity index (χ0) is 11.4. The van der Waals surface area contributed by atoms with Crippen LogP contribution >= 0.6 is 0 Å². The summed E-state index contributed by atoms with van der Waals surface area (Å²) in [6, 6.07) is 6.81. The summed E-state index contributed by atoms with van der Waals surface area (Å²) in [7, 11) is 0. The van der Waals surface area contributed by atoms with Crippen LogP contribution in [0.15, 0.2) is 24.3 Å². The highest BCUT2D eigenvalue weighted by molar-refractivity contribution is 5.91. The highest BCUT2D eigenvalue weighted by atomic mass is 16.3. The van der Waals surface area contributed by atoms with E-state index in [4.69, 9.17) is 5.11 Å². The van der Waals surface area contributed by atoms with Gasteiger partial charge in [-0.2, -0.15) is 0 Å². The van der Waals surface area contributed by atoms with E-state index in [1.807, 2.05) is 0 Å². The summed E-state index contributed by atoms with van der Waals surface area (Å²) in [6.45, 7) is 1.01. The van der Waals surface area contributed by atoms with Gasteiger partial charge in [0, 0.05) is 18.2 Å². The highest BCUT2D eigenvalue weighted by Crippen LogP contribution is 2.15. The third-order valence-electron chi connectivity index (χ3n) is 2.75. The van der Waals surface area contributed by atoms with Gasteiger partial charge in [-0.15, -0.1) is 0 Å². The van der Waals surface area contributed by atoms with E-state index in [0.29, 0.717) is 12.5 Å². The third kappa shape index (κ3) is 2.97. The molecule has 0 spiro atoms. The minimum Gasteiger partial charge on any atom is -0.508 e. The second kappa shape index (κ2) is 4.99. The number of hydrogen-bond donors (Lipinski definition) is 3. The summed E-state index contributed by atoms with van der Waals surface area (Å²) < 4.78 is 0. The highest BCUT2D eigenvalue weighted by Gasteiger charge is 2.17. The van der Waals surface area contributed by atoms with Gasteiger partial charge in [-0.1, -0.05) is 0 Å². The Hall–Kier alpha value is -1.55. The van der Waals surface area contributed by atoms with Crippen LogP contribution in [0.5, 0.6) is 5.75 Å². The first-order chi connectivity index (χ1) is 7.74. The van der Waals surface area contributed by atoms with Gasteiger partial charge in [0.2, 0.25) is 5.91 Å². The lowest BCUT2D eigenvalue weighted by atomic mass is 10.1. The van der Waals surface area contributed by atoms with Gasteiger partial charge in [0.25, 0.3) is 0 Å². The van der Waals surface area contributed by atoms with Gasteiger partial charge in [-0.3, -0.25) is 4.79 Å². The zero-order valence-electron chi connectivity index (χ0n) is 9.07. The fourth-order valence-corrected chi connectivity index (χ4v) is 1.91. The molecule has 1 aliphatic rings. The first-order valence-electron chi connectivity index (χ1n) is 5.56. The van der Waals surface area contributed by atoms with Crippen molar-refractivity contribution in [2.24, 2.45) is 0 Å². The summed E-state index contributed by atoms with van der Waals surface area (Å²) in [5.74, 6) is 0.223. The summed E-state index contributed by atoms with van der Waals surface area (Å²) >= 11 is 0. The molecule has 0 bridgehead atoms. The molecule has 3 N–H and O–H groups in total. The lowest BCUT2D eigenvalue weighted by Gasteiger charge is -2.10. The number of hydrogen-bond acceptors (Lipinski definition) is 3. The number of carbonyl (C=O) groups is 1. The molecule has 86 valence electrons. The van der Waals surface area contributed by atoms with Gasteiger partial charge in [0.05, 0.1) is 0 Å². The number of phenols is 1. The second-order valence-corrected chi connectivity index (χ2v) is 4.09. The summed E-state index contributed by atoms with van der Waals surface area (Å²) in [6.07, 6.45) is 2.74. The number of aromatic hydroxyl groups is 1. The molecule has 0 saturated carbocycles. The summed E-state index contributed by atoms with van der Waals surface area (Å²) in [5.41, 5.74) is 0.723. The Kier molecular flexibility index (Phi) is 3.41. The molecule has 4 heteroatoms. The molecule has 1 aromatic carbocycles. The van der Waals surface area contributed by atoms with Crippen molar-refractivity contribution < 1.29 is 9.90 Å². The van der Waals surface area contributed by atoms with Crippen molar-refractivity contribution in [3.8, 4) is 5.75 Å². The SMILES string of the molecule is O=C(CC1CCCN1)Nc1ccc(O)cc1. The Morgan fingerprint density at radius 1 is 1.44 bits per heavy atom. The van der Waals surface area contributed by atoms with E-state index in [1.54, 1.807) is 24.3 Å². The average molecular weight is 220 g/mol. The van der Waals surface area contributed by atoms with Crippen LogP contribution < -0.4 is 10.6 Å². The van der Waals surface area contributed by atoms with Crippen LogP contribution in [-0.4, -0.2) is 23.6 Å². The summed E-state index contributed by atoms with van der Waals surface area (Å²) in [5, 5.41) is 15.2. The van der Waals surface area contributed by atoms with E-state index < -0.39 is 0 Å². The monoisotopic (exact) mass is 220 g/mol. The smallest absolute Gasteiger partial charge is 0.225 e. The molecular weight excluding hydrogens is 204 g/mol. The molecular formula is C12H16N2O2. The molecule has 1 saturated heterocycles. The Morgan fingerprint density at radius 3 is 2.81 bits per heavy atom. The van der Waals surface area contributed by atoms with Crippen molar-refractivity contribution in [3.63, 3.8) is 0 Å². The molecule has 1 atom stereocenters. The van der Waals surface area contributed by atoms with Crippen LogP contribution in [0.1, 0.15) is 19.3 Å². The maximum Gasteiger partial charge on any atom is 0.225 e. The molecule has 1 amide bonds. The summed E-state index contributed by atoms with van der Waals surface area (Å²) in [4.78, 5) is 11.6. The number of carbonyl (C=O) groups excluding carboxylic acids is 1. The topological polar surface area (TPSA) is 61.4 Å². The predicted octanol–water partition coefficient (Wildman–Crippen LogP) is 1.47. The number of amides is 1. The van der Waals surface area contributed by atoms with Crippen molar-refractivity contribution in [2.45, 2.75) is 25.3 Å². The zero-order valence-corrected chi connectivity index (χ0v) is 9.07. The molecule has 1 aromatic rings. The number of nitrogens with one attached hydrogen (secondary N) is 2. The molecule has 0 aromatic heterocycles. The molecule has 0 radical (unpaired) electrons. The van der Waals surface area contributed by atoms with E-state index in [2.05, 4.69) is 10.6 Å². The molecule has 2 rings (SSSR count). The molecule has 1 heterocycles. The van der Waals surface area contributed by atoms with E-state index in [-0.39, 0.29) is 11.7 Å². The van der Waals surface area contributed by atoms with Crippen molar-refractivity contribution in [1.29, 1.82) is 0 Å². The Bertz CT molecular complexity index is 356. The third-order valence-corrected chi connectivity index (χ3v) is 2.75. The average Bonchev–Trinajstić information content (AvgIpc) is 2.74. The fraction of sp³-hybridized carbons (Fsp3) is 0.417. The molecule has 4 nitrogen and oxygen atoms in total. The minimum atomic E-state index is 0.0186. The second-order valence-electron chi connectivity index (χ2n) is 4.09. The molecule has 16 heavy (non-hydrogen) atoms. The predicted molar refractivity (Wildman–Crippen MR) is 62.4 cm³/mol. The van der Waals surface area contributed by atoms with Gasteiger partial charge in [-0.25, -0.2) is 0 Å². The van der Waals surface area contributed by atoms with E-state index in [9.17, 15) is 4.79 Å². The Morgan fingerprint density at radius 2 is 2.19 bits per heavy atom. The van der Waals surface area contributed by atoms with E-state index in [0.717, 1.165) is 25.1 Å². The standard InChI is InChI=1S/C12H16N2O2/c15-11-5-3-9(4-6-11)14-12(16)8-10-2-1-7-13-10/h3-6,10,13,15H,1-2,7-8H2,(H,14,16). The first kappa shape index (κ1) is 11.0. The largest absolute Gasteiger partial charge is 0.508 e. The number of benzene rings is 1. The van der Waals surface area contributed by atoms with Crippen LogP contribution in [0.25, 0.3) is 0 Å². The normalized spacial score (nSPS) is 19.6. The fourth-order valence-electron chi connectivity index (χ4n) is 1.91. The van der Waals surface area contributed by atoms with Gasteiger partial charge < -0.3 is 15.7 Å². The van der Waals surface area contributed by atoms with Gasteiger partial charge >= 0.3 is 0 Å². The van der Waals surface area contributed by atoms with Crippen molar-refractivity contribution in [2.75, 3.05) is 11.9 Å². The van der Waals surface area contributed by atoms with Crippen LogP contribution in [0.3, 0.4) is 0 Å². The van der Waals surface area contributed by atoms with Gasteiger partial charge in [0.15, 0.2) is 0 Å². The number of anilines is 1. The maximum absolute atomic E-state index is 11.6. The van der Waals surface area contributed by atoms with Crippen LogP contribution in [-0.2, 0) is 4.79 Å². The minimum absolute atomic E-state index is 0.0186. The molecule has 1 unspecified atom stereocenters. The quantitative estimate of drug-likeness (QED) is 0.676. The Labute approximate surface area is 94.7 Å². The van der Waals surface area contributed by atoms with Crippen molar-refractivity contribution in [1.82, 2.24) is 5.32 Å². The van der Waals surface area contributed by atoms with Gasteiger partial charge in [-0.05, 0) is 43.7 Å². The lowest BCUT2D eigenvalue weighted by molar-refractivity contribution is -0.116. The van der Waals surface area contributed by atoms with Crippen molar-refractivity contribution >= 4 is 11.6 Å². The molecule has 1 fully saturated rings. The number of rotatable bonds is 3. The maximum atomic E-state index is 11.6. The van der Waals surface area contributed by atoms with Gasteiger partial charge in [0.1, 0.15) is 5.75 Å². The molecule has 0 aliphatic carbocycles. The number of phenolic OH excluding ortho intramolecular Hbond substituents is 1. The van der Waals surface area contributed by atoms with Crippen LogP contribution in [0.4, 0.5) is 5.69 Å². The van der Waals surface area contributed by atoms with Crippen LogP contribution in [0.2, 0.25) is 0 Å². The van der Waals surface area contributed by atoms with E-state index >= 15 is 0 Å². The first-order valence-corrected chi connectivity index (χ1v) is 5.56. The lowest BCUT2D eigenvalue weighted by Crippen LogP contribution is -2.27. The van der Waals surface area contributed by atoms with E-state index in [1.165, 1.54) is 0 Å². The Balaban J connectivity index is 1.84.